The first-order valence-electron chi connectivity index (χ1n) is 5.93. The number of para-hydroxylation sites is 1. The van der Waals surface area contributed by atoms with Gasteiger partial charge in [0.25, 0.3) is 0 Å². The predicted molar refractivity (Wildman–Crippen MR) is 64.6 cm³/mol. The zero-order valence-corrected chi connectivity index (χ0v) is 10.2. The van der Waals surface area contributed by atoms with Crippen LogP contribution in [-0.4, -0.2) is 42.4 Å². The number of aromatic nitrogens is 4. The summed E-state index contributed by atoms with van der Waals surface area (Å²) in [5.41, 5.74) is 0.393. The Hall–Kier alpha value is -2.77. The SMILES string of the molecule is O=C(O)c1ccccc1-n1nnnc1C1CC1C(=O)O. The zero-order chi connectivity index (χ0) is 14.3. The highest BCUT2D eigenvalue weighted by atomic mass is 16.4. The van der Waals surface area contributed by atoms with Crippen molar-refractivity contribution < 1.29 is 19.8 Å². The fourth-order valence-electron chi connectivity index (χ4n) is 2.19. The summed E-state index contributed by atoms with van der Waals surface area (Å²) in [6.45, 7) is 0. The number of rotatable bonds is 4. The number of nitrogens with zero attached hydrogens (tertiary/aromatic N) is 4. The molecule has 2 aromatic rings. The number of aliphatic carboxylic acids is 1. The van der Waals surface area contributed by atoms with Crippen LogP contribution < -0.4 is 0 Å². The lowest BCUT2D eigenvalue weighted by Crippen LogP contribution is -2.10. The molecule has 1 aromatic heterocycles. The highest BCUT2D eigenvalue weighted by Gasteiger charge is 2.47. The van der Waals surface area contributed by atoms with E-state index in [1.807, 2.05) is 0 Å². The van der Waals surface area contributed by atoms with Crippen LogP contribution in [0.15, 0.2) is 24.3 Å². The standard InChI is InChI=1S/C12H10N4O4/c17-11(18)6-3-1-2-4-9(6)16-10(13-14-15-16)7-5-8(7)12(19)20/h1-4,7-8H,5H2,(H,17,18)(H,19,20). The van der Waals surface area contributed by atoms with Gasteiger partial charge in [0.2, 0.25) is 0 Å². The van der Waals surface area contributed by atoms with Crippen LogP contribution in [0.2, 0.25) is 0 Å². The van der Waals surface area contributed by atoms with Crippen molar-refractivity contribution in [1.29, 1.82) is 0 Å². The summed E-state index contributed by atoms with van der Waals surface area (Å²) in [4.78, 5) is 22.1. The number of tetrazole rings is 1. The summed E-state index contributed by atoms with van der Waals surface area (Å²) >= 11 is 0. The van der Waals surface area contributed by atoms with Gasteiger partial charge in [0.05, 0.1) is 17.2 Å². The van der Waals surface area contributed by atoms with Crippen molar-refractivity contribution in [2.45, 2.75) is 12.3 Å². The number of hydrogen-bond acceptors (Lipinski definition) is 5. The van der Waals surface area contributed by atoms with Crippen LogP contribution in [0.4, 0.5) is 0 Å². The van der Waals surface area contributed by atoms with Crippen molar-refractivity contribution in [2.75, 3.05) is 0 Å². The molecule has 3 rings (SSSR count). The molecule has 0 spiro atoms. The zero-order valence-electron chi connectivity index (χ0n) is 10.2. The number of hydrogen-bond donors (Lipinski definition) is 2. The Bertz CT molecular complexity index is 696. The maximum atomic E-state index is 11.2. The van der Waals surface area contributed by atoms with Crippen LogP contribution >= 0.6 is 0 Å². The van der Waals surface area contributed by atoms with Gasteiger partial charge in [0.1, 0.15) is 0 Å². The first-order chi connectivity index (χ1) is 9.59. The van der Waals surface area contributed by atoms with E-state index in [-0.39, 0.29) is 11.5 Å². The first-order valence-corrected chi connectivity index (χ1v) is 5.93. The van der Waals surface area contributed by atoms with E-state index in [0.29, 0.717) is 17.9 Å². The van der Waals surface area contributed by atoms with E-state index in [2.05, 4.69) is 15.5 Å². The molecule has 1 saturated carbocycles. The summed E-state index contributed by atoms with van der Waals surface area (Å²) in [6.07, 6.45) is 0.463. The van der Waals surface area contributed by atoms with Crippen molar-refractivity contribution in [3.63, 3.8) is 0 Å². The van der Waals surface area contributed by atoms with Gasteiger partial charge < -0.3 is 10.2 Å². The average molecular weight is 274 g/mol. The number of benzene rings is 1. The summed E-state index contributed by atoms with van der Waals surface area (Å²) in [6, 6.07) is 6.31. The molecule has 0 bridgehead atoms. The largest absolute Gasteiger partial charge is 0.481 e. The highest BCUT2D eigenvalue weighted by Crippen LogP contribution is 2.46. The van der Waals surface area contributed by atoms with Crippen LogP contribution in [0.5, 0.6) is 0 Å². The van der Waals surface area contributed by atoms with Gasteiger partial charge in [0.15, 0.2) is 5.82 Å². The van der Waals surface area contributed by atoms with Gasteiger partial charge in [-0.2, -0.15) is 4.68 Å². The van der Waals surface area contributed by atoms with Gasteiger partial charge in [-0.25, -0.2) is 4.79 Å². The third kappa shape index (κ3) is 1.91. The number of carboxylic acid groups (broad SMARTS) is 2. The second-order valence-corrected chi connectivity index (χ2v) is 4.56. The maximum absolute atomic E-state index is 11.2. The molecule has 1 heterocycles. The lowest BCUT2D eigenvalue weighted by molar-refractivity contribution is -0.138. The molecule has 0 amide bonds. The number of carbonyl (C=O) groups is 2. The molecular formula is C12H10N4O4. The van der Waals surface area contributed by atoms with Gasteiger partial charge in [-0.15, -0.1) is 5.10 Å². The molecule has 8 heteroatoms. The van der Waals surface area contributed by atoms with Crippen molar-refractivity contribution in [1.82, 2.24) is 20.2 Å². The Morgan fingerprint density at radius 2 is 2.00 bits per heavy atom. The van der Waals surface area contributed by atoms with Crippen molar-refractivity contribution in [3.05, 3.63) is 35.7 Å². The molecule has 1 aromatic carbocycles. The molecule has 20 heavy (non-hydrogen) atoms. The van der Waals surface area contributed by atoms with E-state index in [1.165, 1.54) is 10.7 Å². The van der Waals surface area contributed by atoms with Gasteiger partial charge >= 0.3 is 11.9 Å². The topological polar surface area (TPSA) is 118 Å². The van der Waals surface area contributed by atoms with Gasteiger partial charge in [-0.05, 0) is 29.0 Å². The highest BCUT2D eigenvalue weighted by molar-refractivity contribution is 5.91. The van der Waals surface area contributed by atoms with E-state index in [9.17, 15) is 14.7 Å². The maximum Gasteiger partial charge on any atom is 0.337 e. The lowest BCUT2D eigenvalue weighted by Gasteiger charge is -2.07. The fourth-order valence-corrected chi connectivity index (χ4v) is 2.19. The molecule has 2 atom stereocenters. The van der Waals surface area contributed by atoms with Gasteiger partial charge in [-0.1, -0.05) is 12.1 Å². The lowest BCUT2D eigenvalue weighted by atomic mass is 10.1. The van der Waals surface area contributed by atoms with Crippen molar-refractivity contribution in [2.24, 2.45) is 5.92 Å². The minimum absolute atomic E-state index is 0.0635. The van der Waals surface area contributed by atoms with Crippen LogP contribution in [0.1, 0.15) is 28.5 Å². The third-order valence-electron chi connectivity index (χ3n) is 3.30. The van der Waals surface area contributed by atoms with E-state index in [0.717, 1.165) is 0 Å². The molecule has 2 unspecified atom stereocenters. The van der Waals surface area contributed by atoms with Crippen LogP contribution in [0.25, 0.3) is 5.69 Å². The van der Waals surface area contributed by atoms with E-state index in [4.69, 9.17) is 5.11 Å². The Balaban J connectivity index is 2.03. The van der Waals surface area contributed by atoms with Crippen LogP contribution in [-0.2, 0) is 4.79 Å². The smallest absolute Gasteiger partial charge is 0.337 e. The average Bonchev–Trinajstić information content (AvgIpc) is 3.09. The molecular weight excluding hydrogens is 264 g/mol. The minimum Gasteiger partial charge on any atom is -0.481 e. The Morgan fingerprint density at radius 1 is 1.25 bits per heavy atom. The number of carboxylic acids is 2. The normalized spacial score (nSPS) is 20.6. The summed E-state index contributed by atoms with van der Waals surface area (Å²) in [7, 11) is 0. The molecule has 1 aliphatic carbocycles. The quantitative estimate of drug-likeness (QED) is 0.835. The molecule has 0 saturated heterocycles. The van der Waals surface area contributed by atoms with E-state index < -0.39 is 17.9 Å². The Labute approximate surface area is 112 Å². The van der Waals surface area contributed by atoms with Gasteiger partial charge in [-0.3, -0.25) is 4.79 Å². The molecule has 0 radical (unpaired) electrons. The van der Waals surface area contributed by atoms with E-state index in [1.54, 1.807) is 18.2 Å². The summed E-state index contributed by atoms with van der Waals surface area (Å²) < 4.78 is 1.30. The third-order valence-corrected chi connectivity index (χ3v) is 3.30. The molecule has 102 valence electrons. The molecule has 1 fully saturated rings. The fraction of sp³-hybridized carbons (Fsp3) is 0.250. The van der Waals surface area contributed by atoms with Crippen LogP contribution in [0.3, 0.4) is 0 Å². The minimum atomic E-state index is -1.09. The second kappa shape index (κ2) is 4.41. The van der Waals surface area contributed by atoms with Crippen molar-refractivity contribution >= 4 is 11.9 Å². The molecule has 8 nitrogen and oxygen atoms in total. The molecule has 0 aliphatic heterocycles. The monoisotopic (exact) mass is 274 g/mol. The second-order valence-electron chi connectivity index (χ2n) is 4.56. The Morgan fingerprint density at radius 3 is 2.65 bits per heavy atom. The van der Waals surface area contributed by atoms with Gasteiger partial charge in [0, 0.05) is 5.92 Å². The predicted octanol–water partition coefficient (Wildman–Crippen LogP) is 0.549. The Kier molecular flexibility index (Phi) is 2.70. The first kappa shape index (κ1) is 12.3. The molecule has 2 N–H and O–H groups in total. The van der Waals surface area contributed by atoms with Crippen LogP contribution in [0, 0.1) is 5.92 Å². The van der Waals surface area contributed by atoms with Crippen molar-refractivity contribution in [3.8, 4) is 5.69 Å². The number of aromatic carboxylic acids is 1. The molecule has 1 aliphatic rings. The van der Waals surface area contributed by atoms with E-state index >= 15 is 0 Å². The summed E-state index contributed by atoms with van der Waals surface area (Å²) in [5.74, 6) is -2.38. The summed E-state index contributed by atoms with van der Waals surface area (Å²) in [5, 5.41) is 29.3.